The molecule has 0 N–H and O–H groups in total. The van der Waals surface area contributed by atoms with Gasteiger partial charge in [-0.2, -0.15) is 0 Å². The highest BCUT2D eigenvalue weighted by Crippen LogP contribution is 2.38. The van der Waals surface area contributed by atoms with Gasteiger partial charge in [-0.15, -0.1) is 10.2 Å². The lowest BCUT2D eigenvalue weighted by atomic mass is 10.2. The molecule has 39 heavy (non-hydrogen) atoms. The van der Waals surface area contributed by atoms with Crippen molar-refractivity contribution in [3.63, 3.8) is 0 Å². The molecular formula is C28H33Cl2N3O5S. The van der Waals surface area contributed by atoms with Crippen LogP contribution in [0.3, 0.4) is 0 Å². The van der Waals surface area contributed by atoms with Gasteiger partial charge >= 0.3 is 6.09 Å². The van der Waals surface area contributed by atoms with Crippen molar-refractivity contribution in [1.29, 1.82) is 0 Å². The van der Waals surface area contributed by atoms with Crippen molar-refractivity contribution in [3.05, 3.63) is 46.4 Å². The van der Waals surface area contributed by atoms with Crippen LogP contribution in [0.2, 0.25) is 10.0 Å². The predicted octanol–water partition coefficient (Wildman–Crippen LogP) is 7.72. The van der Waals surface area contributed by atoms with Crippen LogP contribution in [0.5, 0.6) is 11.5 Å². The molecule has 8 nitrogen and oxygen atoms in total. The molecule has 210 valence electrons. The van der Waals surface area contributed by atoms with Gasteiger partial charge in [-0.3, -0.25) is 4.90 Å². The molecule has 0 saturated carbocycles. The molecule has 3 aromatic rings. The van der Waals surface area contributed by atoms with Crippen LogP contribution in [0.4, 0.5) is 4.79 Å². The third-order valence-electron chi connectivity index (χ3n) is 5.74. The Labute approximate surface area is 243 Å². The number of benzene rings is 2. The number of amides is 1. The zero-order valence-electron chi connectivity index (χ0n) is 23.1. The highest BCUT2D eigenvalue weighted by atomic mass is 35.5. The van der Waals surface area contributed by atoms with Crippen LogP contribution in [0.1, 0.15) is 48.5 Å². The highest BCUT2D eigenvalue weighted by molar-refractivity contribution is 7.18. The summed E-state index contributed by atoms with van der Waals surface area (Å²) in [6.45, 7) is 13.6. The van der Waals surface area contributed by atoms with Crippen molar-refractivity contribution in [2.45, 2.75) is 71.9 Å². The molecule has 1 amide bonds. The van der Waals surface area contributed by atoms with E-state index in [-0.39, 0.29) is 18.8 Å². The third-order valence-corrected chi connectivity index (χ3v) is 7.36. The molecule has 0 radical (unpaired) electrons. The number of rotatable bonds is 7. The molecule has 1 unspecified atom stereocenters. The second-order valence-electron chi connectivity index (χ2n) is 10.9. The average Bonchev–Trinajstić information content (AvgIpc) is 3.42. The number of carbonyl (C=O) groups is 1. The molecule has 0 aliphatic carbocycles. The first-order chi connectivity index (χ1) is 18.2. The standard InChI is InChI=1S/C28H33Cl2N3O5S/c1-16(2)37-23-11-8-17(12-22(23)30)24-31-32-25(39-24)20-10-9-19(13-21(20)29)35-14-18-15-36-28(6,7)33(18)26(34)38-27(3,4)5/h8-13,16,18H,14-15H2,1-7H3. The maximum absolute atomic E-state index is 12.9. The second kappa shape index (κ2) is 11.5. The lowest BCUT2D eigenvalue weighted by molar-refractivity contribution is -0.0637. The first-order valence-electron chi connectivity index (χ1n) is 12.6. The van der Waals surface area contributed by atoms with Crippen molar-refractivity contribution < 1.29 is 23.7 Å². The summed E-state index contributed by atoms with van der Waals surface area (Å²) in [4.78, 5) is 14.4. The Morgan fingerprint density at radius 1 is 1.13 bits per heavy atom. The monoisotopic (exact) mass is 593 g/mol. The van der Waals surface area contributed by atoms with E-state index in [0.29, 0.717) is 38.2 Å². The van der Waals surface area contributed by atoms with Crippen molar-refractivity contribution in [1.82, 2.24) is 15.1 Å². The van der Waals surface area contributed by atoms with E-state index in [1.807, 2.05) is 78.8 Å². The summed E-state index contributed by atoms with van der Waals surface area (Å²) in [5, 5.41) is 11.0. The molecule has 1 saturated heterocycles. The van der Waals surface area contributed by atoms with Crippen molar-refractivity contribution in [3.8, 4) is 32.6 Å². The van der Waals surface area contributed by atoms with Crippen LogP contribution in [-0.2, 0) is 9.47 Å². The van der Waals surface area contributed by atoms with E-state index in [4.69, 9.17) is 42.1 Å². The Balaban J connectivity index is 1.45. The van der Waals surface area contributed by atoms with E-state index in [1.165, 1.54) is 11.3 Å². The topological polar surface area (TPSA) is 83.0 Å². The Bertz CT molecular complexity index is 1340. The lowest BCUT2D eigenvalue weighted by Crippen LogP contribution is -2.51. The maximum atomic E-state index is 12.9. The predicted molar refractivity (Wildman–Crippen MR) is 154 cm³/mol. The quantitative estimate of drug-likeness (QED) is 0.277. The number of halogens is 2. The second-order valence-corrected chi connectivity index (χ2v) is 12.7. The molecule has 2 aromatic carbocycles. The molecule has 2 heterocycles. The van der Waals surface area contributed by atoms with E-state index in [2.05, 4.69) is 10.2 Å². The Morgan fingerprint density at radius 2 is 1.85 bits per heavy atom. The Kier molecular flexibility index (Phi) is 8.66. The number of hydrogen-bond acceptors (Lipinski definition) is 8. The summed E-state index contributed by atoms with van der Waals surface area (Å²) >= 11 is 14.4. The largest absolute Gasteiger partial charge is 0.491 e. The van der Waals surface area contributed by atoms with E-state index in [9.17, 15) is 4.79 Å². The molecule has 1 fully saturated rings. The first-order valence-corrected chi connectivity index (χ1v) is 14.2. The SMILES string of the molecule is CC(C)Oc1ccc(-c2nnc(-c3ccc(OCC4COC(C)(C)N4C(=O)OC(C)(C)C)cc3Cl)s2)cc1Cl. The van der Waals surface area contributed by atoms with Gasteiger partial charge in [0.25, 0.3) is 0 Å². The van der Waals surface area contributed by atoms with Gasteiger partial charge in [-0.25, -0.2) is 4.79 Å². The minimum atomic E-state index is -0.806. The molecular weight excluding hydrogens is 561 g/mol. The van der Waals surface area contributed by atoms with E-state index >= 15 is 0 Å². The number of hydrogen-bond donors (Lipinski definition) is 0. The van der Waals surface area contributed by atoms with E-state index in [0.717, 1.165) is 11.1 Å². The minimum Gasteiger partial charge on any atom is -0.491 e. The fourth-order valence-corrected chi connectivity index (χ4v) is 5.49. The van der Waals surface area contributed by atoms with Gasteiger partial charge in [0.2, 0.25) is 0 Å². The van der Waals surface area contributed by atoms with Gasteiger partial charge in [-0.05, 0) is 84.9 Å². The van der Waals surface area contributed by atoms with E-state index in [1.54, 1.807) is 11.0 Å². The number of carbonyl (C=O) groups excluding carboxylic acids is 1. The van der Waals surface area contributed by atoms with Gasteiger partial charge < -0.3 is 18.9 Å². The summed E-state index contributed by atoms with van der Waals surface area (Å²) < 4.78 is 23.2. The zero-order valence-corrected chi connectivity index (χ0v) is 25.4. The molecule has 1 aromatic heterocycles. The number of ether oxygens (including phenoxy) is 4. The normalized spacial score (nSPS) is 17.0. The van der Waals surface area contributed by atoms with Crippen LogP contribution >= 0.6 is 34.5 Å². The molecule has 1 atom stereocenters. The Hall–Kier alpha value is -2.59. The lowest BCUT2D eigenvalue weighted by Gasteiger charge is -2.35. The van der Waals surface area contributed by atoms with Crippen molar-refractivity contribution >= 4 is 40.6 Å². The fraction of sp³-hybridized carbons (Fsp3) is 0.464. The number of aromatic nitrogens is 2. The van der Waals surface area contributed by atoms with E-state index < -0.39 is 17.4 Å². The maximum Gasteiger partial charge on any atom is 0.413 e. The number of nitrogens with zero attached hydrogens (tertiary/aromatic N) is 3. The molecule has 11 heteroatoms. The zero-order chi connectivity index (χ0) is 28.5. The minimum absolute atomic E-state index is 0.0258. The van der Waals surface area contributed by atoms with Gasteiger partial charge in [0.15, 0.2) is 0 Å². The summed E-state index contributed by atoms with van der Waals surface area (Å²) in [6, 6.07) is 10.6. The summed E-state index contributed by atoms with van der Waals surface area (Å²) in [7, 11) is 0. The van der Waals surface area contributed by atoms with Crippen LogP contribution in [-0.4, -0.2) is 57.9 Å². The molecule has 1 aliphatic heterocycles. The van der Waals surface area contributed by atoms with Gasteiger partial charge in [0, 0.05) is 11.1 Å². The van der Waals surface area contributed by atoms with Gasteiger partial charge in [0.05, 0.1) is 28.8 Å². The van der Waals surface area contributed by atoms with Crippen molar-refractivity contribution in [2.24, 2.45) is 0 Å². The van der Waals surface area contributed by atoms with Crippen molar-refractivity contribution in [2.75, 3.05) is 13.2 Å². The van der Waals surface area contributed by atoms with Crippen LogP contribution < -0.4 is 9.47 Å². The third kappa shape index (κ3) is 7.14. The molecule has 0 bridgehead atoms. The fourth-order valence-electron chi connectivity index (χ4n) is 4.07. The van der Waals surface area contributed by atoms with Crippen LogP contribution in [0.15, 0.2) is 36.4 Å². The Morgan fingerprint density at radius 3 is 2.49 bits per heavy atom. The smallest absolute Gasteiger partial charge is 0.413 e. The summed E-state index contributed by atoms with van der Waals surface area (Å²) in [5.74, 6) is 1.19. The molecule has 4 rings (SSSR count). The van der Waals surface area contributed by atoms with Crippen LogP contribution in [0, 0.1) is 0 Å². The first kappa shape index (κ1) is 29.4. The summed E-state index contributed by atoms with van der Waals surface area (Å²) in [6.07, 6.45) is -0.416. The summed E-state index contributed by atoms with van der Waals surface area (Å²) in [5.41, 5.74) is 0.151. The van der Waals surface area contributed by atoms with Gasteiger partial charge in [-0.1, -0.05) is 34.5 Å². The molecule has 1 aliphatic rings. The van der Waals surface area contributed by atoms with Gasteiger partial charge in [0.1, 0.15) is 39.4 Å². The average molecular weight is 595 g/mol. The highest BCUT2D eigenvalue weighted by Gasteiger charge is 2.46. The van der Waals surface area contributed by atoms with Crippen LogP contribution in [0.25, 0.3) is 21.1 Å². The molecule has 0 spiro atoms.